The van der Waals surface area contributed by atoms with Crippen LogP contribution in [0, 0.1) is 0 Å². The van der Waals surface area contributed by atoms with Crippen molar-refractivity contribution in [2.24, 2.45) is 0 Å². The number of carbonyl (C=O) groups is 1. The van der Waals surface area contributed by atoms with Crippen LogP contribution in [0.5, 0.6) is 0 Å². The van der Waals surface area contributed by atoms with Crippen LogP contribution in [0.3, 0.4) is 0 Å². The average Bonchev–Trinajstić information content (AvgIpc) is 2.71. The van der Waals surface area contributed by atoms with Gasteiger partial charge in [-0.25, -0.2) is 9.48 Å². The summed E-state index contributed by atoms with van der Waals surface area (Å²) in [5.41, 5.74) is 8.12. The third-order valence-corrected chi connectivity index (χ3v) is 3.18. The van der Waals surface area contributed by atoms with Crippen molar-refractivity contribution in [3.63, 3.8) is 0 Å². The van der Waals surface area contributed by atoms with E-state index in [1.54, 1.807) is 0 Å². The zero-order chi connectivity index (χ0) is 14.9. The molecule has 0 unspecified atom stereocenters. The molecule has 5 heteroatoms. The van der Waals surface area contributed by atoms with Gasteiger partial charge >= 0.3 is 5.97 Å². The van der Waals surface area contributed by atoms with Gasteiger partial charge in [0, 0.05) is 6.07 Å². The molecule has 0 spiro atoms. The van der Waals surface area contributed by atoms with Gasteiger partial charge in [0.15, 0.2) is 5.69 Å². The van der Waals surface area contributed by atoms with E-state index in [1.807, 2.05) is 12.1 Å². The number of benzene rings is 1. The summed E-state index contributed by atoms with van der Waals surface area (Å²) < 4.78 is 1.50. The third-order valence-electron chi connectivity index (χ3n) is 3.18. The van der Waals surface area contributed by atoms with Crippen LogP contribution in [0.2, 0.25) is 0 Å². The smallest absolute Gasteiger partial charge is 0.356 e. The van der Waals surface area contributed by atoms with Crippen LogP contribution in [0.1, 0.15) is 42.4 Å². The lowest BCUT2D eigenvalue weighted by molar-refractivity contribution is 0.0689. The number of anilines is 1. The van der Waals surface area contributed by atoms with Crippen LogP contribution >= 0.6 is 0 Å². The van der Waals surface area contributed by atoms with Gasteiger partial charge in [-0.2, -0.15) is 5.10 Å². The molecular weight excluding hydrogens is 254 g/mol. The van der Waals surface area contributed by atoms with Gasteiger partial charge in [0.05, 0.1) is 6.54 Å². The molecule has 0 aliphatic heterocycles. The van der Waals surface area contributed by atoms with Crippen molar-refractivity contribution in [1.29, 1.82) is 0 Å². The van der Waals surface area contributed by atoms with Crippen LogP contribution < -0.4 is 5.73 Å². The molecule has 2 rings (SSSR count). The number of rotatable bonds is 3. The molecule has 0 atom stereocenters. The number of aromatic nitrogens is 2. The highest BCUT2D eigenvalue weighted by Crippen LogP contribution is 2.22. The van der Waals surface area contributed by atoms with Crippen LogP contribution in [0.25, 0.3) is 0 Å². The van der Waals surface area contributed by atoms with Crippen LogP contribution in [-0.2, 0) is 12.0 Å². The Bertz CT molecular complexity index is 622. The summed E-state index contributed by atoms with van der Waals surface area (Å²) in [6, 6.07) is 9.55. The van der Waals surface area contributed by atoms with Gasteiger partial charge in [0.2, 0.25) is 0 Å². The molecule has 0 aliphatic carbocycles. The fourth-order valence-corrected chi connectivity index (χ4v) is 1.95. The second-order valence-electron chi connectivity index (χ2n) is 5.86. The Morgan fingerprint density at radius 2 is 1.90 bits per heavy atom. The van der Waals surface area contributed by atoms with Gasteiger partial charge in [-0.15, -0.1) is 0 Å². The minimum atomic E-state index is -1.07. The maximum Gasteiger partial charge on any atom is 0.356 e. The van der Waals surface area contributed by atoms with Gasteiger partial charge in [-0.3, -0.25) is 0 Å². The summed E-state index contributed by atoms with van der Waals surface area (Å²) in [5.74, 6) is -0.721. The number of nitrogens with two attached hydrogens (primary N) is 1. The van der Waals surface area contributed by atoms with Crippen molar-refractivity contribution in [2.45, 2.75) is 32.7 Å². The number of aromatic carboxylic acids is 1. The van der Waals surface area contributed by atoms with E-state index in [9.17, 15) is 4.79 Å². The van der Waals surface area contributed by atoms with Gasteiger partial charge < -0.3 is 10.8 Å². The fourth-order valence-electron chi connectivity index (χ4n) is 1.95. The minimum Gasteiger partial charge on any atom is -0.476 e. The Labute approximate surface area is 118 Å². The zero-order valence-electron chi connectivity index (χ0n) is 11.9. The van der Waals surface area contributed by atoms with E-state index in [4.69, 9.17) is 10.8 Å². The number of hydrogen-bond donors (Lipinski definition) is 2. The topological polar surface area (TPSA) is 81.1 Å². The lowest BCUT2D eigenvalue weighted by Crippen LogP contribution is -2.11. The lowest BCUT2D eigenvalue weighted by atomic mass is 9.87. The van der Waals surface area contributed by atoms with E-state index in [2.05, 4.69) is 38.0 Å². The molecule has 0 saturated carbocycles. The van der Waals surface area contributed by atoms with Crippen LogP contribution in [0.4, 0.5) is 5.82 Å². The molecule has 20 heavy (non-hydrogen) atoms. The normalized spacial score (nSPS) is 11.6. The maximum atomic E-state index is 10.8. The van der Waals surface area contributed by atoms with Crippen molar-refractivity contribution < 1.29 is 9.90 Å². The van der Waals surface area contributed by atoms with E-state index >= 15 is 0 Å². The number of nitrogen functional groups attached to an aromatic ring is 1. The fraction of sp³-hybridized carbons (Fsp3) is 0.333. The molecule has 0 fully saturated rings. The molecule has 106 valence electrons. The maximum absolute atomic E-state index is 10.8. The van der Waals surface area contributed by atoms with Crippen LogP contribution in [-0.4, -0.2) is 20.9 Å². The first-order valence-electron chi connectivity index (χ1n) is 6.43. The Morgan fingerprint density at radius 1 is 1.30 bits per heavy atom. The number of hydrogen-bond acceptors (Lipinski definition) is 3. The van der Waals surface area contributed by atoms with Crippen molar-refractivity contribution in [2.75, 3.05) is 5.73 Å². The number of carboxylic acid groups (broad SMARTS) is 1. The molecule has 1 aromatic carbocycles. The Balaban J connectivity index is 2.20. The second-order valence-corrected chi connectivity index (χ2v) is 5.86. The van der Waals surface area contributed by atoms with Gasteiger partial charge in [0.1, 0.15) is 5.82 Å². The summed E-state index contributed by atoms with van der Waals surface area (Å²) in [6.45, 7) is 6.94. The summed E-state index contributed by atoms with van der Waals surface area (Å²) >= 11 is 0. The largest absolute Gasteiger partial charge is 0.476 e. The molecule has 1 aromatic heterocycles. The predicted molar refractivity (Wildman–Crippen MR) is 77.8 cm³/mol. The van der Waals surface area contributed by atoms with Gasteiger partial charge in [-0.05, 0) is 16.5 Å². The van der Waals surface area contributed by atoms with Crippen molar-refractivity contribution in [1.82, 2.24) is 9.78 Å². The third kappa shape index (κ3) is 2.99. The first kappa shape index (κ1) is 14.1. The highest BCUT2D eigenvalue weighted by Gasteiger charge is 2.14. The molecular formula is C15H19N3O2. The Hall–Kier alpha value is -2.30. The first-order chi connectivity index (χ1) is 9.27. The van der Waals surface area contributed by atoms with Crippen molar-refractivity contribution >= 4 is 11.8 Å². The molecule has 3 N–H and O–H groups in total. The van der Waals surface area contributed by atoms with Crippen molar-refractivity contribution in [3.8, 4) is 0 Å². The first-order valence-corrected chi connectivity index (χ1v) is 6.43. The molecule has 0 amide bonds. The summed E-state index contributed by atoms with van der Waals surface area (Å²) in [5, 5.41) is 12.9. The molecule has 2 aromatic rings. The molecule has 0 saturated heterocycles. The molecule has 0 radical (unpaired) electrons. The summed E-state index contributed by atoms with van der Waals surface area (Å²) in [6.07, 6.45) is 0. The quantitative estimate of drug-likeness (QED) is 0.900. The highest BCUT2D eigenvalue weighted by molar-refractivity contribution is 5.86. The zero-order valence-corrected chi connectivity index (χ0v) is 11.9. The van der Waals surface area contributed by atoms with E-state index < -0.39 is 5.97 Å². The Morgan fingerprint density at radius 3 is 2.35 bits per heavy atom. The molecule has 5 nitrogen and oxygen atoms in total. The van der Waals surface area contributed by atoms with E-state index in [0.29, 0.717) is 12.4 Å². The predicted octanol–water partition coefficient (Wildman–Crippen LogP) is 2.51. The van der Waals surface area contributed by atoms with E-state index in [1.165, 1.54) is 16.3 Å². The van der Waals surface area contributed by atoms with E-state index in [0.717, 1.165) is 5.56 Å². The highest BCUT2D eigenvalue weighted by atomic mass is 16.4. The number of nitrogens with zero attached hydrogens (tertiary/aromatic N) is 2. The van der Waals surface area contributed by atoms with Crippen molar-refractivity contribution in [3.05, 3.63) is 47.2 Å². The summed E-state index contributed by atoms with van der Waals surface area (Å²) in [7, 11) is 0. The molecule has 1 heterocycles. The lowest BCUT2D eigenvalue weighted by Gasteiger charge is -2.19. The molecule has 0 bridgehead atoms. The monoisotopic (exact) mass is 273 g/mol. The summed E-state index contributed by atoms with van der Waals surface area (Å²) in [4.78, 5) is 10.8. The average molecular weight is 273 g/mol. The molecule has 0 aliphatic rings. The van der Waals surface area contributed by atoms with Crippen LogP contribution in [0.15, 0.2) is 30.3 Å². The van der Waals surface area contributed by atoms with Gasteiger partial charge in [0.25, 0.3) is 0 Å². The van der Waals surface area contributed by atoms with E-state index in [-0.39, 0.29) is 11.1 Å². The number of carboxylic acids is 1. The minimum absolute atomic E-state index is 0.0335. The Kier molecular flexibility index (Phi) is 3.53. The standard InChI is InChI=1S/C15H19N3O2/c1-15(2,3)11-6-4-10(5-7-11)9-18-13(16)8-12(17-18)14(19)20/h4-8H,9,16H2,1-3H3,(H,19,20). The van der Waals surface area contributed by atoms with Gasteiger partial charge in [-0.1, -0.05) is 45.0 Å². The second kappa shape index (κ2) is 5.00. The SMILES string of the molecule is CC(C)(C)c1ccc(Cn2nc(C(=O)O)cc2N)cc1.